The number of halogens is 1. The van der Waals surface area contributed by atoms with Crippen molar-refractivity contribution in [2.75, 3.05) is 7.11 Å². The Morgan fingerprint density at radius 2 is 2.08 bits per heavy atom. The molecule has 0 aliphatic heterocycles. The highest BCUT2D eigenvalue weighted by Crippen LogP contribution is 2.23. The Labute approximate surface area is 142 Å². The molecule has 0 saturated heterocycles. The topological polar surface area (TPSA) is 79.4 Å². The van der Waals surface area contributed by atoms with Gasteiger partial charge >= 0.3 is 5.97 Å². The molecule has 3 aromatic rings. The van der Waals surface area contributed by atoms with Gasteiger partial charge in [-0.15, -0.1) is 5.10 Å². The highest BCUT2D eigenvalue weighted by Gasteiger charge is 2.18. The zero-order chi connectivity index (χ0) is 17.1. The Morgan fingerprint density at radius 1 is 1.33 bits per heavy atom. The first-order valence-electron chi connectivity index (χ1n) is 7.03. The molecule has 0 aliphatic carbocycles. The van der Waals surface area contributed by atoms with E-state index in [2.05, 4.69) is 10.3 Å². The highest BCUT2D eigenvalue weighted by molar-refractivity contribution is 6.30. The maximum absolute atomic E-state index is 12.1. The van der Waals surface area contributed by atoms with Crippen molar-refractivity contribution in [3.63, 3.8) is 0 Å². The summed E-state index contributed by atoms with van der Waals surface area (Å²) in [7, 11) is 3.13. The van der Waals surface area contributed by atoms with Crippen molar-refractivity contribution in [1.29, 1.82) is 0 Å². The molecule has 2 aromatic heterocycles. The van der Waals surface area contributed by atoms with Crippen LogP contribution < -0.4 is 4.74 Å². The van der Waals surface area contributed by atoms with E-state index in [9.17, 15) is 4.79 Å². The van der Waals surface area contributed by atoms with Crippen molar-refractivity contribution in [1.82, 2.24) is 14.9 Å². The van der Waals surface area contributed by atoms with Crippen LogP contribution in [0, 0.1) is 0 Å². The van der Waals surface area contributed by atoms with Crippen molar-refractivity contribution >= 4 is 17.6 Å². The molecule has 0 radical (unpaired) electrons. The second-order valence-corrected chi connectivity index (χ2v) is 5.43. The Bertz CT molecular complexity index is 855. The summed E-state index contributed by atoms with van der Waals surface area (Å²) in [6.07, 6.45) is 1.53. The van der Waals surface area contributed by atoms with E-state index in [0.717, 1.165) is 5.56 Å². The van der Waals surface area contributed by atoms with Crippen LogP contribution in [0.3, 0.4) is 0 Å². The van der Waals surface area contributed by atoms with Gasteiger partial charge in [-0.3, -0.25) is 4.68 Å². The number of nitrogens with zero attached hydrogens (tertiary/aromatic N) is 3. The fourth-order valence-electron chi connectivity index (χ4n) is 2.11. The molecule has 0 N–H and O–H groups in total. The molecule has 0 atom stereocenters. The lowest BCUT2D eigenvalue weighted by atomic mass is 10.2. The first kappa shape index (κ1) is 16.1. The van der Waals surface area contributed by atoms with Crippen LogP contribution in [0.4, 0.5) is 0 Å². The normalized spacial score (nSPS) is 10.6. The number of carbonyl (C=O) groups is 1. The van der Waals surface area contributed by atoms with E-state index < -0.39 is 5.97 Å². The SMILES string of the molecule is COc1nn(C)cc1C(=O)OCc1cc(-c2ccc(Cl)cc2)on1. The number of hydrogen-bond acceptors (Lipinski definition) is 6. The van der Waals surface area contributed by atoms with Gasteiger partial charge in [-0.1, -0.05) is 16.8 Å². The number of esters is 1. The third-order valence-corrected chi connectivity index (χ3v) is 3.50. The predicted molar refractivity (Wildman–Crippen MR) is 85.8 cm³/mol. The minimum absolute atomic E-state index is 0.0199. The smallest absolute Gasteiger partial charge is 0.345 e. The van der Waals surface area contributed by atoms with E-state index in [4.69, 9.17) is 25.6 Å². The van der Waals surface area contributed by atoms with Crippen molar-refractivity contribution in [3.8, 4) is 17.2 Å². The lowest BCUT2D eigenvalue weighted by Crippen LogP contribution is -2.06. The number of methoxy groups -OCH3 is 1. The van der Waals surface area contributed by atoms with Crippen LogP contribution in [0.15, 0.2) is 41.1 Å². The molecule has 2 heterocycles. The average molecular weight is 348 g/mol. The second-order valence-electron chi connectivity index (χ2n) is 4.99. The lowest BCUT2D eigenvalue weighted by molar-refractivity contribution is 0.0460. The summed E-state index contributed by atoms with van der Waals surface area (Å²) in [5.74, 6) is 0.233. The number of aromatic nitrogens is 3. The van der Waals surface area contributed by atoms with Gasteiger partial charge < -0.3 is 14.0 Å². The van der Waals surface area contributed by atoms with Crippen LogP contribution in [-0.4, -0.2) is 28.0 Å². The number of rotatable bonds is 5. The molecule has 124 valence electrons. The van der Waals surface area contributed by atoms with Gasteiger partial charge in [0.05, 0.1) is 7.11 Å². The molecule has 1 aromatic carbocycles. The van der Waals surface area contributed by atoms with Gasteiger partial charge in [-0.2, -0.15) is 0 Å². The Morgan fingerprint density at radius 3 is 2.79 bits per heavy atom. The third-order valence-electron chi connectivity index (χ3n) is 3.25. The van der Waals surface area contributed by atoms with Crippen molar-refractivity contribution in [2.45, 2.75) is 6.61 Å². The fourth-order valence-corrected chi connectivity index (χ4v) is 2.23. The van der Waals surface area contributed by atoms with Crippen LogP contribution in [0.25, 0.3) is 11.3 Å². The van der Waals surface area contributed by atoms with E-state index in [1.807, 2.05) is 12.1 Å². The Kier molecular flexibility index (Phi) is 4.52. The van der Waals surface area contributed by atoms with E-state index in [1.54, 1.807) is 25.2 Å². The van der Waals surface area contributed by atoms with E-state index >= 15 is 0 Å². The monoisotopic (exact) mass is 347 g/mol. The molecular formula is C16H14ClN3O4. The van der Waals surface area contributed by atoms with Crippen LogP contribution >= 0.6 is 11.6 Å². The summed E-state index contributed by atoms with van der Waals surface area (Å²) in [4.78, 5) is 12.1. The van der Waals surface area contributed by atoms with Gasteiger partial charge in [0.15, 0.2) is 5.76 Å². The molecule has 24 heavy (non-hydrogen) atoms. The highest BCUT2D eigenvalue weighted by atomic mass is 35.5. The number of hydrogen-bond donors (Lipinski definition) is 0. The summed E-state index contributed by atoms with van der Waals surface area (Å²) in [5, 5.41) is 8.53. The minimum atomic E-state index is -0.545. The van der Waals surface area contributed by atoms with Crippen molar-refractivity contribution in [2.24, 2.45) is 7.05 Å². The third kappa shape index (κ3) is 3.41. The van der Waals surface area contributed by atoms with Crippen molar-refractivity contribution in [3.05, 3.63) is 52.8 Å². The lowest BCUT2D eigenvalue weighted by Gasteiger charge is -2.01. The standard InChI is InChI=1S/C16H14ClN3O4/c1-20-8-13(15(18-20)22-2)16(21)23-9-12-7-14(24-19-12)10-3-5-11(17)6-4-10/h3-8H,9H2,1-2H3. The van der Waals surface area contributed by atoms with Gasteiger partial charge in [-0.25, -0.2) is 4.79 Å². The molecule has 0 unspecified atom stereocenters. The van der Waals surface area contributed by atoms with Crippen molar-refractivity contribution < 1.29 is 18.8 Å². The van der Waals surface area contributed by atoms with Gasteiger partial charge in [-0.05, 0) is 24.3 Å². The fraction of sp³-hybridized carbons (Fsp3) is 0.188. The summed E-state index contributed by atoms with van der Waals surface area (Å²) in [5.41, 5.74) is 1.58. The molecular weight excluding hydrogens is 334 g/mol. The number of benzene rings is 1. The summed E-state index contributed by atoms with van der Waals surface area (Å²) < 4.78 is 17.0. The number of ether oxygens (including phenoxy) is 2. The van der Waals surface area contributed by atoms with Gasteiger partial charge in [0, 0.05) is 29.9 Å². The molecule has 3 rings (SSSR count). The molecule has 0 bridgehead atoms. The molecule has 7 nitrogen and oxygen atoms in total. The van der Waals surface area contributed by atoms with Gasteiger partial charge in [0.1, 0.15) is 17.9 Å². The van der Waals surface area contributed by atoms with E-state index in [1.165, 1.54) is 18.0 Å². The predicted octanol–water partition coefficient (Wildman–Crippen LogP) is 3.09. The zero-order valence-corrected chi connectivity index (χ0v) is 13.8. The minimum Gasteiger partial charge on any atom is -0.479 e. The first-order chi connectivity index (χ1) is 11.6. The Balaban J connectivity index is 1.67. The maximum atomic E-state index is 12.1. The molecule has 0 amide bonds. The Hall–Kier alpha value is -2.80. The van der Waals surface area contributed by atoms with Gasteiger partial charge in [0.25, 0.3) is 0 Å². The van der Waals surface area contributed by atoms with Crippen LogP contribution in [0.1, 0.15) is 16.1 Å². The van der Waals surface area contributed by atoms with Crippen LogP contribution in [0.2, 0.25) is 5.02 Å². The van der Waals surface area contributed by atoms with E-state index in [-0.39, 0.29) is 18.1 Å². The number of carbonyl (C=O) groups excluding carboxylic acids is 1. The zero-order valence-electron chi connectivity index (χ0n) is 13.0. The molecule has 0 spiro atoms. The second kappa shape index (κ2) is 6.76. The van der Waals surface area contributed by atoms with Crippen LogP contribution in [0.5, 0.6) is 5.88 Å². The van der Waals surface area contributed by atoms with Crippen LogP contribution in [-0.2, 0) is 18.4 Å². The molecule has 8 heteroatoms. The maximum Gasteiger partial charge on any atom is 0.345 e. The average Bonchev–Trinajstić information content (AvgIpc) is 3.19. The molecule has 0 saturated carbocycles. The number of aryl methyl sites for hydroxylation is 1. The summed E-state index contributed by atoms with van der Waals surface area (Å²) in [6.45, 7) is -0.0199. The molecule has 0 fully saturated rings. The molecule has 0 aliphatic rings. The van der Waals surface area contributed by atoms with Gasteiger partial charge in [0.2, 0.25) is 5.88 Å². The summed E-state index contributed by atoms with van der Waals surface area (Å²) in [6, 6.07) is 8.86. The first-order valence-corrected chi connectivity index (χ1v) is 7.41. The summed E-state index contributed by atoms with van der Waals surface area (Å²) >= 11 is 5.85. The van der Waals surface area contributed by atoms with E-state index in [0.29, 0.717) is 16.5 Å². The largest absolute Gasteiger partial charge is 0.479 e. The quantitative estimate of drug-likeness (QED) is 0.660.